The number of nitrogens with one attached hydrogen (secondary N) is 2. The highest BCUT2D eigenvalue weighted by molar-refractivity contribution is 7.90. The smallest absolute Gasteiger partial charge is 0.239 e. The Morgan fingerprint density at radius 3 is 2.41 bits per heavy atom. The van der Waals surface area contributed by atoms with E-state index in [2.05, 4.69) is 17.0 Å². The molecule has 2 N–H and O–H groups in total. The zero-order valence-corrected chi connectivity index (χ0v) is 15.0. The molecule has 0 aromatic carbocycles. The molecule has 1 atom stereocenters. The van der Waals surface area contributed by atoms with Crippen molar-refractivity contribution in [3.63, 3.8) is 0 Å². The first kappa shape index (κ1) is 19.7. The molecular formula is C14H28ClN3O3S. The standard InChI is InChI=1S/C14H27N3O3S.ClH/c1-11-3-5-12(6-4-11)16-21(19,20)10-14(18)17(2)13-7-8-15-9-13;/h11-13,15-16H,3-10H2,1-2H3;1H. The zero-order chi connectivity index (χ0) is 15.5. The van der Waals surface area contributed by atoms with E-state index >= 15 is 0 Å². The summed E-state index contributed by atoms with van der Waals surface area (Å²) in [6, 6.07) is 0.112. The molecule has 2 rings (SSSR count). The van der Waals surface area contributed by atoms with Crippen LogP contribution < -0.4 is 10.0 Å². The summed E-state index contributed by atoms with van der Waals surface area (Å²) in [5.74, 6) is -0.0831. The second-order valence-electron chi connectivity index (χ2n) is 6.48. The Hall–Kier alpha value is -0.370. The van der Waals surface area contributed by atoms with Crippen LogP contribution in [0.4, 0.5) is 0 Å². The minimum Gasteiger partial charge on any atom is -0.341 e. The molecular weight excluding hydrogens is 326 g/mol. The summed E-state index contributed by atoms with van der Waals surface area (Å²) in [6.07, 6.45) is 4.73. The van der Waals surface area contributed by atoms with Gasteiger partial charge in [0.1, 0.15) is 5.75 Å². The van der Waals surface area contributed by atoms with Crippen molar-refractivity contribution < 1.29 is 13.2 Å². The van der Waals surface area contributed by atoms with Gasteiger partial charge in [-0.05, 0) is 44.6 Å². The van der Waals surface area contributed by atoms with Gasteiger partial charge in [-0.3, -0.25) is 4.79 Å². The lowest BCUT2D eigenvalue weighted by Crippen LogP contribution is -2.45. The second kappa shape index (κ2) is 8.47. The van der Waals surface area contributed by atoms with Crippen molar-refractivity contribution in [2.75, 3.05) is 25.9 Å². The molecule has 8 heteroatoms. The molecule has 0 aromatic rings. The average molecular weight is 354 g/mol. The van der Waals surface area contributed by atoms with Crippen LogP contribution in [0.1, 0.15) is 39.0 Å². The monoisotopic (exact) mass is 353 g/mol. The lowest BCUT2D eigenvalue weighted by Gasteiger charge is -2.27. The predicted molar refractivity (Wildman–Crippen MR) is 89.6 cm³/mol. The highest BCUT2D eigenvalue weighted by Crippen LogP contribution is 2.23. The summed E-state index contributed by atoms with van der Waals surface area (Å²) in [5, 5.41) is 3.18. The van der Waals surface area contributed by atoms with Crippen LogP contribution in [-0.4, -0.2) is 57.2 Å². The van der Waals surface area contributed by atoms with E-state index in [4.69, 9.17) is 0 Å². The average Bonchev–Trinajstić information content (AvgIpc) is 2.93. The van der Waals surface area contributed by atoms with Crippen LogP contribution in [-0.2, 0) is 14.8 Å². The molecule has 1 saturated heterocycles. The molecule has 2 aliphatic rings. The van der Waals surface area contributed by atoms with Crippen molar-refractivity contribution in [2.24, 2.45) is 5.92 Å². The molecule has 1 heterocycles. The summed E-state index contributed by atoms with van der Waals surface area (Å²) < 4.78 is 27.0. The Morgan fingerprint density at radius 2 is 1.86 bits per heavy atom. The maximum absolute atomic E-state index is 12.1. The van der Waals surface area contributed by atoms with Crippen LogP contribution in [0, 0.1) is 5.92 Å². The quantitative estimate of drug-likeness (QED) is 0.763. The summed E-state index contributed by atoms with van der Waals surface area (Å²) in [4.78, 5) is 13.7. The van der Waals surface area contributed by atoms with Crippen LogP contribution in [0.15, 0.2) is 0 Å². The molecule has 0 aromatic heterocycles. The van der Waals surface area contributed by atoms with E-state index in [1.807, 2.05) is 0 Å². The van der Waals surface area contributed by atoms with Crippen LogP contribution >= 0.6 is 12.4 Å². The van der Waals surface area contributed by atoms with Crippen molar-refractivity contribution in [2.45, 2.75) is 51.1 Å². The third-order valence-corrected chi connectivity index (χ3v) is 5.97. The molecule has 1 unspecified atom stereocenters. The topological polar surface area (TPSA) is 78.5 Å². The Morgan fingerprint density at radius 1 is 1.23 bits per heavy atom. The summed E-state index contributed by atoms with van der Waals surface area (Å²) >= 11 is 0. The predicted octanol–water partition coefficient (Wildman–Crippen LogP) is 0.727. The summed E-state index contributed by atoms with van der Waals surface area (Å²) in [7, 11) is -1.84. The molecule has 22 heavy (non-hydrogen) atoms. The van der Waals surface area contributed by atoms with E-state index in [0.29, 0.717) is 5.92 Å². The normalized spacial score (nSPS) is 28.9. The van der Waals surface area contributed by atoms with Crippen molar-refractivity contribution in [3.05, 3.63) is 0 Å². The van der Waals surface area contributed by atoms with Crippen molar-refractivity contribution >= 4 is 28.3 Å². The Labute approximate surface area is 139 Å². The van der Waals surface area contributed by atoms with Gasteiger partial charge in [-0.1, -0.05) is 6.92 Å². The molecule has 0 bridgehead atoms. The lowest BCUT2D eigenvalue weighted by atomic mass is 9.88. The summed E-state index contributed by atoms with van der Waals surface area (Å²) in [5.41, 5.74) is 0. The highest BCUT2D eigenvalue weighted by Gasteiger charge is 2.29. The van der Waals surface area contributed by atoms with E-state index in [0.717, 1.165) is 45.2 Å². The summed E-state index contributed by atoms with van der Waals surface area (Å²) in [6.45, 7) is 3.82. The van der Waals surface area contributed by atoms with Crippen LogP contribution in [0.25, 0.3) is 0 Å². The fourth-order valence-corrected chi connectivity index (χ4v) is 4.47. The third kappa shape index (κ3) is 5.68. The van der Waals surface area contributed by atoms with Crippen LogP contribution in [0.5, 0.6) is 0 Å². The van der Waals surface area contributed by atoms with E-state index in [-0.39, 0.29) is 30.4 Å². The number of carbonyl (C=O) groups excluding carboxylic acids is 1. The Kier molecular flexibility index (Phi) is 7.58. The Bertz CT molecular complexity index is 458. The molecule has 6 nitrogen and oxygen atoms in total. The molecule has 1 aliphatic carbocycles. The van der Waals surface area contributed by atoms with Gasteiger partial charge in [-0.25, -0.2) is 13.1 Å². The number of amides is 1. The van der Waals surface area contributed by atoms with E-state index in [9.17, 15) is 13.2 Å². The lowest BCUT2D eigenvalue weighted by molar-refractivity contribution is -0.128. The van der Waals surface area contributed by atoms with E-state index in [1.54, 1.807) is 11.9 Å². The third-order valence-electron chi connectivity index (χ3n) is 4.65. The molecule has 1 aliphatic heterocycles. The fraction of sp³-hybridized carbons (Fsp3) is 0.929. The van der Waals surface area contributed by atoms with Gasteiger partial charge in [0.15, 0.2) is 0 Å². The largest absolute Gasteiger partial charge is 0.341 e. The number of sulfonamides is 1. The van der Waals surface area contributed by atoms with E-state index in [1.165, 1.54) is 0 Å². The first-order valence-electron chi connectivity index (χ1n) is 7.84. The van der Waals surface area contributed by atoms with Gasteiger partial charge >= 0.3 is 0 Å². The molecule has 130 valence electrons. The zero-order valence-electron chi connectivity index (χ0n) is 13.4. The number of halogens is 1. The number of carbonyl (C=O) groups is 1. The molecule has 1 saturated carbocycles. The van der Waals surface area contributed by atoms with Crippen LogP contribution in [0.3, 0.4) is 0 Å². The number of rotatable bonds is 5. The SMILES string of the molecule is CC1CCC(NS(=O)(=O)CC(=O)N(C)C2CCNC2)CC1.Cl. The second-order valence-corrected chi connectivity index (χ2v) is 8.24. The number of hydrogen-bond donors (Lipinski definition) is 2. The minimum atomic E-state index is -3.53. The van der Waals surface area contributed by atoms with Gasteiger partial charge < -0.3 is 10.2 Å². The maximum atomic E-state index is 12.1. The number of nitrogens with zero attached hydrogens (tertiary/aromatic N) is 1. The fourth-order valence-electron chi connectivity index (χ4n) is 3.11. The van der Waals surface area contributed by atoms with Crippen molar-refractivity contribution in [1.29, 1.82) is 0 Å². The molecule has 2 fully saturated rings. The highest BCUT2D eigenvalue weighted by atomic mass is 35.5. The maximum Gasteiger partial charge on any atom is 0.239 e. The van der Waals surface area contributed by atoms with E-state index < -0.39 is 15.8 Å². The Balaban J connectivity index is 0.00000242. The van der Waals surface area contributed by atoms with Crippen molar-refractivity contribution in [1.82, 2.24) is 14.9 Å². The van der Waals surface area contributed by atoms with Gasteiger partial charge in [-0.15, -0.1) is 12.4 Å². The number of likely N-dealkylation sites (N-methyl/N-ethyl adjacent to an activating group) is 1. The van der Waals surface area contributed by atoms with Crippen molar-refractivity contribution in [3.8, 4) is 0 Å². The molecule has 1 amide bonds. The first-order chi connectivity index (χ1) is 9.87. The minimum absolute atomic E-state index is 0. The first-order valence-corrected chi connectivity index (χ1v) is 9.49. The van der Waals surface area contributed by atoms with Gasteiger partial charge in [0.2, 0.25) is 15.9 Å². The van der Waals surface area contributed by atoms with Gasteiger partial charge in [0, 0.05) is 25.7 Å². The van der Waals surface area contributed by atoms with Crippen LogP contribution in [0.2, 0.25) is 0 Å². The van der Waals surface area contributed by atoms with Gasteiger partial charge in [0.25, 0.3) is 0 Å². The molecule has 0 spiro atoms. The molecule has 0 radical (unpaired) electrons. The van der Waals surface area contributed by atoms with Gasteiger partial charge in [-0.2, -0.15) is 0 Å². The van der Waals surface area contributed by atoms with Gasteiger partial charge in [0.05, 0.1) is 0 Å². The number of hydrogen-bond acceptors (Lipinski definition) is 4.